The molecule has 2 aliphatic heterocycles. The van der Waals surface area contributed by atoms with Gasteiger partial charge in [0.2, 0.25) is 0 Å². The van der Waals surface area contributed by atoms with Gasteiger partial charge in [0.1, 0.15) is 37.1 Å². The maximum absolute atomic E-state index is 6.11. The Bertz CT molecular complexity index is 689. The van der Waals surface area contributed by atoms with E-state index in [4.69, 9.17) is 25.8 Å². The lowest BCUT2D eigenvalue weighted by molar-refractivity contribution is -0.211. The molecule has 110 valence electrons. The number of hydrogen-bond acceptors (Lipinski definition) is 6. The predicted molar refractivity (Wildman–Crippen MR) is 73.7 cm³/mol. The summed E-state index contributed by atoms with van der Waals surface area (Å²) >= 11 is 6.03. The second kappa shape index (κ2) is 5.34. The highest BCUT2D eigenvalue weighted by Crippen LogP contribution is 2.28. The summed E-state index contributed by atoms with van der Waals surface area (Å²) in [6, 6.07) is 0. The Balaban J connectivity index is 1.68. The number of halogens is 1. The van der Waals surface area contributed by atoms with E-state index in [1.807, 2.05) is 10.6 Å². The summed E-state index contributed by atoms with van der Waals surface area (Å²) in [4.78, 5) is 12.5. The zero-order valence-electron chi connectivity index (χ0n) is 11.1. The lowest BCUT2D eigenvalue weighted by atomic mass is 10.2. The fraction of sp³-hybridized carbons (Fsp3) is 0.462. The molecular weight excluding hydrogens is 296 g/mol. The molecule has 21 heavy (non-hydrogen) atoms. The molecule has 2 aromatic heterocycles. The van der Waals surface area contributed by atoms with E-state index < -0.39 is 0 Å². The minimum atomic E-state index is -0.225. The molecule has 0 saturated carbocycles. The maximum Gasteiger partial charge on any atom is 0.166 e. The van der Waals surface area contributed by atoms with Gasteiger partial charge >= 0.3 is 0 Å². The smallest absolute Gasteiger partial charge is 0.166 e. The standard InChI is InChI=1S/C13H13ClN4O3/c14-12-11-13(16-5-15-12)18(6-17-11)10-3-1-2-8-9(21-10)4-19-7-20-8/h1-2,5-6,8-10H,3-4,7H2/t8-,9+,10+/m0/s1. The molecule has 0 radical (unpaired) electrons. The van der Waals surface area contributed by atoms with Crippen LogP contribution in [0.1, 0.15) is 12.6 Å². The highest BCUT2D eigenvalue weighted by Gasteiger charge is 2.31. The van der Waals surface area contributed by atoms with E-state index in [-0.39, 0.29) is 18.4 Å². The van der Waals surface area contributed by atoms with Crippen LogP contribution in [0.5, 0.6) is 0 Å². The highest BCUT2D eigenvalue weighted by molar-refractivity contribution is 6.33. The third kappa shape index (κ3) is 2.32. The molecule has 3 atom stereocenters. The van der Waals surface area contributed by atoms with E-state index >= 15 is 0 Å². The van der Waals surface area contributed by atoms with Crippen LogP contribution in [0, 0.1) is 0 Å². The zero-order valence-corrected chi connectivity index (χ0v) is 11.8. The third-order valence-corrected chi connectivity index (χ3v) is 3.89. The molecule has 0 aromatic carbocycles. The van der Waals surface area contributed by atoms with Crippen LogP contribution in [0.4, 0.5) is 0 Å². The summed E-state index contributed by atoms with van der Waals surface area (Å²) < 4.78 is 18.8. The monoisotopic (exact) mass is 308 g/mol. The van der Waals surface area contributed by atoms with E-state index in [0.717, 1.165) is 0 Å². The van der Waals surface area contributed by atoms with Crippen LogP contribution in [0.2, 0.25) is 5.15 Å². The molecule has 2 aromatic rings. The van der Waals surface area contributed by atoms with Crippen LogP contribution < -0.4 is 0 Å². The van der Waals surface area contributed by atoms with Crippen molar-refractivity contribution in [1.82, 2.24) is 19.5 Å². The van der Waals surface area contributed by atoms with Crippen molar-refractivity contribution in [3.63, 3.8) is 0 Å². The molecule has 0 spiro atoms. The quantitative estimate of drug-likeness (QED) is 0.590. The normalized spacial score (nSPS) is 29.3. The molecule has 7 nitrogen and oxygen atoms in total. The molecule has 0 N–H and O–H groups in total. The van der Waals surface area contributed by atoms with Crippen molar-refractivity contribution < 1.29 is 14.2 Å². The van der Waals surface area contributed by atoms with Crippen LogP contribution in [0.3, 0.4) is 0 Å². The molecule has 0 aliphatic carbocycles. The molecule has 4 heterocycles. The molecule has 1 fully saturated rings. The minimum absolute atomic E-state index is 0.0725. The number of rotatable bonds is 1. The SMILES string of the molecule is Clc1ncnc2c1ncn2[C@H]1CC=C[C@@H]2OCOC[C@H]2O1. The van der Waals surface area contributed by atoms with Gasteiger partial charge in [0.15, 0.2) is 10.8 Å². The number of hydrogen-bond donors (Lipinski definition) is 0. The van der Waals surface area contributed by atoms with E-state index in [0.29, 0.717) is 36.1 Å². The minimum Gasteiger partial charge on any atom is -0.353 e. The summed E-state index contributed by atoms with van der Waals surface area (Å²) in [6.45, 7) is 0.810. The highest BCUT2D eigenvalue weighted by atomic mass is 35.5. The molecular formula is C13H13ClN4O3. The van der Waals surface area contributed by atoms with Crippen molar-refractivity contribution in [2.45, 2.75) is 24.9 Å². The summed E-state index contributed by atoms with van der Waals surface area (Å²) in [6.07, 6.45) is 7.43. The number of aromatic nitrogens is 4. The molecule has 2 aliphatic rings. The van der Waals surface area contributed by atoms with Crippen molar-refractivity contribution >= 4 is 22.8 Å². The van der Waals surface area contributed by atoms with Crippen LogP contribution in [0.25, 0.3) is 11.2 Å². The number of imidazole rings is 1. The van der Waals surface area contributed by atoms with E-state index in [1.54, 1.807) is 6.33 Å². The van der Waals surface area contributed by atoms with E-state index in [2.05, 4.69) is 21.0 Å². The Morgan fingerprint density at radius 3 is 3.19 bits per heavy atom. The second-order valence-corrected chi connectivity index (χ2v) is 5.26. The molecule has 0 bridgehead atoms. The van der Waals surface area contributed by atoms with Gasteiger partial charge in [-0.3, -0.25) is 4.57 Å². The average Bonchev–Trinajstić information content (AvgIpc) is 2.82. The van der Waals surface area contributed by atoms with Gasteiger partial charge in [-0.1, -0.05) is 23.8 Å². The van der Waals surface area contributed by atoms with Crippen molar-refractivity contribution in [3.05, 3.63) is 30.0 Å². The zero-order chi connectivity index (χ0) is 14.2. The molecule has 1 saturated heterocycles. The van der Waals surface area contributed by atoms with Crippen molar-refractivity contribution in [2.75, 3.05) is 13.4 Å². The predicted octanol–water partition coefficient (Wildman–Crippen LogP) is 1.70. The number of nitrogens with zero attached hydrogens (tertiary/aromatic N) is 4. The van der Waals surface area contributed by atoms with Crippen molar-refractivity contribution in [1.29, 1.82) is 0 Å². The van der Waals surface area contributed by atoms with Crippen LogP contribution in [-0.4, -0.2) is 45.1 Å². The molecule has 0 unspecified atom stereocenters. The summed E-state index contributed by atoms with van der Waals surface area (Å²) in [5.74, 6) is 0. The van der Waals surface area contributed by atoms with Gasteiger partial charge in [-0.2, -0.15) is 0 Å². The first-order chi connectivity index (χ1) is 10.3. The first-order valence-corrected chi connectivity index (χ1v) is 7.05. The fourth-order valence-electron chi connectivity index (χ4n) is 2.59. The Morgan fingerprint density at radius 2 is 2.24 bits per heavy atom. The summed E-state index contributed by atoms with van der Waals surface area (Å²) in [5, 5.41) is 0.338. The molecule has 4 rings (SSSR count). The van der Waals surface area contributed by atoms with Crippen LogP contribution in [0.15, 0.2) is 24.8 Å². The second-order valence-electron chi connectivity index (χ2n) is 4.90. The maximum atomic E-state index is 6.11. The van der Waals surface area contributed by atoms with Gasteiger partial charge in [0.05, 0.1) is 12.9 Å². The third-order valence-electron chi connectivity index (χ3n) is 3.61. The van der Waals surface area contributed by atoms with Crippen molar-refractivity contribution in [3.8, 4) is 0 Å². The number of fused-ring (bicyclic) bond motifs is 2. The van der Waals surface area contributed by atoms with Gasteiger partial charge in [-0.25, -0.2) is 15.0 Å². The Morgan fingerprint density at radius 1 is 1.29 bits per heavy atom. The Kier molecular flexibility index (Phi) is 3.34. The van der Waals surface area contributed by atoms with Crippen molar-refractivity contribution in [2.24, 2.45) is 0 Å². The topological polar surface area (TPSA) is 71.3 Å². The van der Waals surface area contributed by atoms with Crippen LogP contribution >= 0.6 is 11.6 Å². The first-order valence-electron chi connectivity index (χ1n) is 6.67. The lowest BCUT2D eigenvalue weighted by Crippen LogP contribution is -2.40. The first kappa shape index (κ1) is 13.1. The molecule has 8 heteroatoms. The van der Waals surface area contributed by atoms with Gasteiger partial charge in [-0.05, 0) is 0 Å². The summed E-state index contributed by atoms with van der Waals surface area (Å²) in [7, 11) is 0. The van der Waals surface area contributed by atoms with Gasteiger partial charge < -0.3 is 14.2 Å². The van der Waals surface area contributed by atoms with E-state index in [1.165, 1.54) is 6.33 Å². The molecule has 0 amide bonds. The fourth-order valence-corrected chi connectivity index (χ4v) is 2.77. The van der Waals surface area contributed by atoms with Crippen LogP contribution in [-0.2, 0) is 14.2 Å². The average molecular weight is 309 g/mol. The lowest BCUT2D eigenvalue weighted by Gasteiger charge is -2.31. The van der Waals surface area contributed by atoms with Gasteiger partial charge in [0.25, 0.3) is 0 Å². The van der Waals surface area contributed by atoms with Gasteiger partial charge in [0, 0.05) is 6.42 Å². The Labute approximate surface area is 125 Å². The summed E-state index contributed by atoms with van der Waals surface area (Å²) in [5.41, 5.74) is 1.23. The number of ether oxygens (including phenoxy) is 3. The van der Waals surface area contributed by atoms with Gasteiger partial charge in [-0.15, -0.1) is 0 Å². The van der Waals surface area contributed by atoms with E-state index in [9.17, 15) is 0 Å². The largest absolute Gasteiger partial charge is 0.353 e. The Hall–Kier alpha value is -1.54.